The molecule has 0 saturated carbocycles. The van der Waals surface area contributed by atoms with Gasteiger partial charge in [0.1, 0.15) is 5.69 Å². The second-order valence-electron chi connectivity index (χ2n) is 9.26. The molecule has 3 aromatic carbocycles. The first-order chi connectivity index (χ1) is 17.4. The summed E-state index contributed by atoms with van der Waals surface area (Å²) in [7, 11) is 0. The summed E-state index contributed by atoms with van der Waals surface area (Å²) in [5.74, 6) is -0.0726. The number of nitrogens with zero attached hydrogens (tertiary/aromatic N) is 1. The van der Waals surface area contributed by atoms with Gasteiger partial charge < -0.3 is 25.3 Å². The number of hydrogen-bond donors (Lipinski definition) is 3. The number of urea groups is 1. The first-order valence-electron chi connectivity index (χ1n) is 12.1. The minimum atomic E-state index is -0.345. The van der Waals surface area contributed by atoms with Crippen molar-refractivity contribution in [2.75, 3.05) is 36.9 Å². The number of carbonyl (C=O) groups is 2. The zero-order chi connectivity index (χ0) is 25.2. The second-order valence-corrected chi connectivity index (χ2v) is 9.26. The Labute approximate surface area is 210 Å². The van der Waals surface area contributed by atoms with E-state index in [4.69, 9.17) is 4.74 Å². The van der Waals surface area contributed by atoms with Gasteiger partial charge >= 0.3 is 6.03 Å². The number of benzene rings is 3. The number of morpholine rings is 1. The van der Waals surface area contributed by atoms with Crippen LogP contribution < -0.4 is 10.6 Å². The summed E-state index contributed by atoms with van der Waals surface area (Å²) < 4.78 is 5.44. The number of aromatic nitrogens is 1. The highest BCUT2D eigenvalue weighted by Gasteiger charge is 2.26. The summed E-state index contributed by atoms with van der Waals surface area (Å²) in [4.78, 5) is 31.8. The van der Waals surface area contributed by atoms with Gasteiger partial charge in [-0.25, -0.2) is 4.79 Å². The monoisotopic (exact) mass is 482 g/mol. The van der Waals surface area contributed by atoms with Crippen molar-refractivity contribution in [3.63, 3.8) is 0 Å². The predicted molar refractivity (Wildman–Crippen MR) is 144 cm³/mol. The van der Waals surface area contributed by atoms with E-state index in [1.807, 2.05) is 80.3 Å². The molecule has 0 atom stereocenters. The van der Waals surface area contributed by atoms with Crippen LogP contribution in [0.25, 0.3) is 22.0 Å². The highest BCUT2D eigenvalue weighted by molar-refractivity contribution is 6.14. The van der Waals surface area contributed by atoms with Crippen LogP contribution in [0.2, 0.25) is 0 Å². The molecular weight excluding hydrogens is 452 g/mol. The van der Waals surface area contributed by atoms with Crippen molar-refractivity contribution >= 4 is 34.2 Å². The van der Waals surface area contributed by atoms with Crippen molar-refractivity contribution in [1.82, 2.24) is 9.88 Å². The number of carbonyl (C=O) groups excluding carboxylic acids is 2. The second kappa shape index (κ2) is 9.87. The van der Waals surface area contributed by atoms with Gasteiger partial charge in [-0.1, -0.05) is 36.4 Å². The van der Waals surface area contributed by atoms with Gasteiger partial charge in [0.2, 0.25) is 0 Å². The first-order valence-corrected chi connectivity index (χ1v) is 12.1. The molecule has 0 bridgehead atoms. The largest absolute Gasteiger partial charge is 0.378 e. The van der Waals surface area contributed by atoms with E-state index in [0.29, 0.717) is 43.2 Å². The number of rotatable bonds is 4. The van der Waals surface area contributed by atoms with E-state index in [9.17, 15) is 9.59 Å². The van der Waals surface area contributed by atoms with Gasteiger partial charge in [-0.3, -0.25) is 4.79 Å². The molecule has 1 aliphatic rings. The first kappa shape index (κ1) is 23.6. The molecule has 3 amide bonds. The van der Waals surface area contributed by atoms with Crippen molar-refractivity contribution in [3.05, 3.63) is 83.0 Å². The molecule has 1 fully saturated rings. The quantitative estimate of drug-likeness (QED) is 0.340. The number of amides is 3. The molecule has 36 heavy (non-hydrogen) atoms. The minimum Gasteiger partial charge on any atom is -0.378 e. The minimum absolute atomic E-state index is 0.0726. The fraction of sp³-hybridized carbons (Fsp3) is 0.241. The van der Waals surface area contributed by atoms with Gasteiger partial charge in [-0.05, 0) is 67.3 Å². The number of nitrogens with one attached hydrogen (secondary N) is 3. The van der Waals surface area contributed by atoms with Gasteiger partial charge in [0.15, 0.2) is 0 Å². The van der Waals surface area contributed by atoms with Crippen molar-refractivity contribution in [2.24, 2.45) is 0 Å². The van der Waals surface area contributed by atoms with Crippen LogP contribution in [0, 0.1) is 20.8 Å². The number of ether oxygens (including phenoxy) is 1. The summed E-state index contributed by atoms with van der Waals surface area (Å²) in [6, 6.07) is 19.3. The van der Waals surface area contributed by atoms with Crippen LogP contribution in [0.5, 0.6) is 0 Å². The molecule has 5 rings (SSSR count). The third-order valence-electron chi connectivity index (χ3n) is 6.64. The zero-order valence-corrected chi connectivity index (χ0v) is 20.8. The predicted octanol–water partition coefficient (Wildman–Crippen LogP) is 5.88. The third kappa shape index (κ3) is 4.70. The average Bonchev–Trinajstić information content (AvgIpc) is 3.26. The third-order valence-corrected chi connectivity index (χ3v) is 6.64. The lowest BCUT2D eigenvalue weighted by molar-refractivity contribution is 0.0300. The highest BCUT2D eigenvalue weighted by atomic mass is 16.5. The van der Waals surface area contributed by atoms with Crippen LogP contribution in [0.3, 0.4) is 0 Å². The molecule has 7 heteroatoms. The van der Waals surface area contributed by atoms with E-state index in [1.54, 1.807) is 0 Å². The summed E-state index contributed by atoms with van der Waals surface area (Å²) in [6.45, 7) is 8.18. The lowest BCUT2D eigenvalue weighted by atomic mass is 9.99. The standard InChI is InChI=1S/C29H30N4O3/c1-18-15-23-25(21-7-5-4-6-8-21)27(28(34)33-11-13-36-14-12-33)32-26(23)24(16-18)31-29(35)30-22-10-9-19(2)20(3)17-22/h4-10,15-17,32H,11-14H2,1-3H3,(H2,30,31,35). The molecule has 2 heterocycles. The SMILES string of the molecule is Cc1cc(NC(=O)Nc2ccc(C)c(C)c2)c2[nH]c(C(=O)N3CCOCC3)c(-c3ccccc3)c2c1. The molecule has 7 nitrogen and oxygen atoms in total. The Balaban J connectivity index is 1.56. The molecule has 0 spiro atoms. The van der Waals surface area contributed by atoms with Crippen LogP contribution >= 0.6 is 0 Å². The van der Waals surface area contributed by atoms with Crippen molar-refractivity contribution in [3.8, 4) is 11.1 Å². The zero-order valence-electron chi connectivity index (χ0n) is 20.8. The molecule has 184 valence electrons. The fourth-order valence-electron chi connectivity index (χ4n) is 4.63. The van der Waals surface area contributed by atoms with Gasteiger partial charge in [0, 0.05) is 29.7 Å². The van der Waals surface area contributed by atoms with Gasteiger partial charge in [0.05, 0.1) is 24.4 Å². The fourth-order valence-corrected chi connectivity index (χ4v) is 4.63. The van der Waals surface area contributed by atoms with Crippen LogP contribution in [0.15, 0.2) is 60.7 Å². The lowest BCUT2D eigenvalue weighted by Gasteiger charge is -2.26. The molecule has 1 aromatic heterocycles. The topological polar surface area (TPSA) is 86.5 Å². The van der Waals surface area contributed by atoms with E-state index < -0.39 is 0 Å². The number of hydrogen-bond acceptors (Lipinski definition) is 3. The highest BCUT2D eigenvalue weighted by Crippen LogP contribution is 2.37. The molecule has 0 aliphatic carbocycles. The summed E-state index contributed by atoms with van der Waals surface area (Å²) in [5.41, 5.74) is 7.59. The summed E-state index contributed by atoms with van der Waals surface area (Å²) in [5, 5.41) is 6.80. The summed E-state index contributed by atoms with van der Waals surface area (Å²) >= 11 is 0. The van der Waals surface area contributed by atoms with Crippen molar-refractivity contribution in [1.29, 1.82) is 0 Å². The number of H-pyrrole nitrogens is 1. The number of aryl methyl sites for hydroxylation is 3. The van der Waals surface area contributed by atoms with Crippen molar-refractivity contribution in [2.45, 2.75) is 20.8 Å². The van der Waals surface area contributed by atoms with Crippen LogP contribution in [0.1, 0.15) is 27.2 Å². The van der Waals surface area contributed by atoms with Gasteiger partial charge in [-0.2, -0.15) is 0 Å². The Morgan fingerprint density at radius 2 is 1.64 bits per heavy atom. The Bertz CT molecular complexity index is 1440. The maximum Gasteiger partial charge on any atom is 0.323 e. The molecule has 3 N–H and O–H groups in total. The number of fused-ring (bicyclic) bond motifs is 1. The normalized spacial score (nSPS) is 13.6. The molecular formula is C29H30N4O3. The number of aromatic amines is 1. The van der Waals surface area contributed by atoms with Gasteiger partial charge in [-0.15, -0.1) is 0 Å². The van der Waals surface area contributed by atoms with Crippen LogP contribution in [-0.4, -0.2) is 48.1 Å². The molecule has 0 radical (unpaired) electrons. The van der Waals surface area contributed by atoms with Crippen LogP contribution in [-0.2, 0) is 4.74 Å². The Kier molecular flexibility index (Phi) is 6.48. The van der Waals surface area contributed by atoms with E-state index in [1.165, 1.54) is 5.56 Å². The van der Waals surface area contributed by atoms with E-state index >= 15 is 0 Å². The molecule has 1 aliphatic heterocycles. The Hall–Kier alpha value is -4.10. The molecule has 0 unspecified atom stereocenters. The lowest BCUT2D eigenvalue weighted by Crippen LogP contribution is -2.41. The Morgan fingerprint density at radius 3 is 2.36 bits per heavy atom. The Morgan fingerprint density at radius 1 is 0.889 bits per heavy atom. The maximum absolute atomic E-state index is 13.6. The van der Waals surface area contributed by atoms with Crippen molar-refractivity contribution < 1.29 is 14.3 Å². The molecule has 4 aromatic rings. The van der Waals surface area contributed by atoms with Crippen LogP contribution in [0.4, 0.5) is 16.2 Å². The maximum atomic E-state index is 13.6. The van der Waals surface area contributed by atoms with Gasteiger partial charge in [0.25, 0.3) is 5.91 Å². The van der Waals surface area contributed by atoms with E-state index in [2.05, 4.69) is 21.7 Å². The number of anilines is 2. The summed E-state index contributed by atoms with van der Waals surface area (Å²) in [6.07, 6.45) is 0. The smallest absolute Gasteiger partial charge is 0.323 e. The average molecular weight is 483 g/mol. The molecule has 1 saturated heterocycles. The van der Waals surface area contributed by atoms with E-state index in [-0.39, 0.29) is 11.9 Å². The van der Waals surface area contributed by atoms with E-state index in [0.717, 1.165) is 33.3 Å².